The second-order valence-electron chi connectivity index (χ2n) is 6.33. The molecule has 7 nitrogen and oxygen atoms in total. The minimum Gasteiger partial charge on any atom is -0.493 e. The van der Waals surface area contributed by atoms with Gasteiger partial charge in [-0.3, -0.25) is 0 Å². The maximum absolute atomic E-state index is 9.14. The molecule has 0 unspecified atom stereocenters. The van der Waals surface area contributed by atoms with Crippen LogP contribution in [-0.2, 0) is 0 Å². The van der Waals surface area contributed by atoms with Gasteiger partial charge < -0.3 is 13.9 Å². The lowest BCUT2D eigenvalue weighted by Gasteiger charge is -2.11. The summed E-state index contributed by atoms with van der Waals surface area (Å²) in [5, 5.41) is 13.3. The summed E-state index contributed by atoms with van der Waals surface area (Å²) < 4.78 is 16.7. The largest absolute Gasteiger partial charge is 0.493 e. The van der Waals surface area contributed by atoms with E-state index in [9.17, 15) is 0 Å². The maximum atomic E-state index is 9.14. The molecule has 144 valence electrons. The molecule has 0 atom stereocenters. The van der Waals surface area contributed by atoms with Crippen LogP contribution in [0.25, 0.3) is 0 Å². The number of hydrogen-bond acceptors (Lipinski definition) is 7. The minimum atomic E-state index is 0.0887. The number of nitriles is 1. The van der Waals surface area contributed by atoms with E-state index in [0.717, 1.165) is 24.8 Å². The number of oxazole rings is 1. The third-order valence-electron chi connectivity index (χ3n) is 3.82. The Bertz CT molecular complexity index is 806. The van der Waals surface area contributed by atoms with Crippen molar-refractivity contribution in [1.82, 2.24) is 4.98 Å². The van der Waals surface area contributed by atoms with Gasteiger partial charge in [-0.05, 0) is 30.2 Å². The van der Waals surface area contributed by atoms with E-state index >= 15 is 0 Å². The van der Waals surface area contributed by atoms with Crippen LogP contribution in [-0.4, -0.2) is 24.9 Å². The molecule has 1 heterocycles. The standard InChI is InChI=1S/C20H26N4O3/c1-5-6-7-10-26-17-9-8-15(11-18(17)25-4)13-22-24-20-16(12-21)23-19(27-20)14(2)3/h8-9,11,13-14,24H,5-7,10H2,1-4H3/b22-13+. The van der Waals surface area contributed by atoms with Crippen LogP contribution in [0.5, 0.6) is 11.5 Å². The number of methoxy groups -OCH3 is 1. The SMILES string of the molecule is CCCCCOc1ccc(/C=N/Nc2oc(C(C)C)nc2C#N)cc1OC. The average molecular weight is 370 g/mol. The maximum Gasteiger partial charge on any atom is 0.252 e. The first-order valence-corrected chi connectivity index (χ1v) is 9.09. The van der Waals surface area contributed by atoms with Crippen molar-refractivity contribution < 1.29 is 13.9 Å². The highest BCUT2D eigenvalue weighted by Crippen LogP contribution is 2.28. The highest BCUT2D eigenvalue weighted by atomic mass is 16.5. The third-order valence-corrected chi connectivity index (χ3v) is 3.82. The van der Waals surface area contributed by atoms with Crippen molar-refractivity contribution in [3.63, 3.8) is 0 Å². The van der Waals surface area contributed by atoms with Crippen molar-refractivity contribution in [2.45, 2.75) is 46.0 Å². The van der Waals surface area contributed by atoms with Gasteiger partial charge in [0.25, 0.3) is 5.88 Å². The zero-order chi connectivity index (χ0) is 19.6. The smallest absolute Gasteiger partial charge is 0.252 e. The van der Waals surface area contributed by atoms with Crippen LogP contribution >= 0.6 is 0 Å². The monoisotopic (exact) mass is 370 g/mol. The van der Waals surface area contributed by atoms with E-state index in [2.05, 4.69) is 22.4 Å². The fraction of sp³-hybridized carbons (Fsp3) is 0.450. The lowest BCUT2D eigenvalue weighted by atomic mass is 10.2. The van der Waals surface area contributed by atoms with Crippen LogP contribution < -0.4 is 14.9 Å². The fourth-order valence-corrected chi connectivity index (χ4v) is 2.32. The van der Waals surface area contributed by atoms with E-state index in [-0.39, 0.29) is 17.5 Å². The van der Waals surface area contributed by atoms with Crippen molar-refractivity contribution in [2.75, 3.05) is 19.1 Å². The van der Waals surface area contributed by atoms with E-state index in [0.29, 0.717) is 24.0 Å². The molecule has 7 heteroatoms. The van der Waals surface area contributed by atoms with Crippen molar-refractivity contribution in [2.24, 2.45) is 5.10 Å². The van der Waals surface area contributed by atoms with E-state index in [1.807, 2.05) is 38.1 Å². The topological polar surface area (TPSA) is 92.7 Å². The zero-order valence-electron chi connectivity index (χ0n) is 16.3. The lowest BCUT2D eigenvalue weighted by Crippen LogP contribution is -2.00. The number of anilines is 1. The van der Waals surface area contributed by atoms with Gasteiger partial charge >= 0.3 is 0 Å². The number of unbranched alkanes of at least 4 members (excludes halogenated alkanes) is 2. The number of nitrogens with one attached hydrogen (secondary N) is 1. The Labute approximate surface area is 160 Å². The van der Waals surface area contributed by atoms with E-state index in [4.69, 9.17) is 19.2 Å². The highest BCUT2D eigenvalue weighted by Gasteiger charge is 2.14. The van der Waals surface area contributed by atoms with Gasteiger partial charge in [0.2, 0.25) is 11.6 Å². The molecule has 0 aliphatic rings. The Balaban J connectivity index is 2.03. The van der Waals surface area contributed by atoms with Crippen molar-refractivity contribution in [1.29, 1.82) is 5.26 Å². The third kappa shape index (κ3) is 5.74. The number of rotatable bonds is 10. The predicted octanol–water partition coefficient (Wildman–Crippen LogP) is 4.69. The van der Waals surface area contributed by atoms with Gasteiger partial charge in [-0.2, -0.15) is 10.4 Å². The molecule has 0 bridgehead atoms. The summed E-state index contributed by atoms with van der Waals surface area (Å²) in [5.41, 5.74) is 3.74. The second kappa shape index (κ2) is 10.2. The van der Waals surface area contributed by atoms with Crippen LogP contribution in [0, 0.1) is 11.3 Å². The molecule has 2 aromatic rings. The van der Waals surface area contributed by atoms with E-state index in [1.165, 1.54) is 0 Å². The molecular weight excluding hydrogens is 344 g/mol. The highest BCUT2D eigenvalue weighted by molar-refractivity contribution is 5.81. The number of hydrogen-bond donors (Lipinski definition) is 1. The molecule has 0 saturated carbocycles. The number of ether oxygens (including phenoxy) is 2. The first kappa shape index (κ1) is 20.3. The molecule has 0 saturated heterocycles. The van der Waals surface area contributed by atoms with Gasteiger partial charge in [-0.15, -0.1) is 0 Å². The normalized spacial score (nSPS) is 11.0. The van der Waals surface area contributed by atoms with Crippen LogP contribution in [0.4, 0.5) is 5.88 Å². The van der Waals surface area contributed by atoms with Crippen LogP contribution in [0.2, 0.25) is 0 Å². The van der Waals surface area contributed by atoms with E-state index in [1.54, 1.807) is 13.3 Å². The van der Waals surface area contributed by atoms with Crippen LogP contribution in [0.3, 0.4) is 0 Å². The second-order valence-corrected chi connectivity index (χ2v) is 6.33. The molecule has 0 fully saturated rings. The van der Waals surface area contributed by atoms with Gasteiger partial charge in [0.1, 0.15) is 6.07 Å². The van der Waals surface area contributed by atoms with Crippen molar-refractivity contribution in [3.05, 3.63) is 35.3 Å². The quantitative estimate of drug-likeness (QED) is 0.370. The van der Waals surface area contributed by atoms with Gasteiger partial charge in [0.15, 0.2) is 11.5 Å². The summed E-state index contributed by atoms with van der Waals surface area (Å²) in [4.78, 5) is 4.13. The molecule has 1 aromatic heterocycles. The van der Waals surface area contributed by atoms with Gasteiger partial charge in [-0.1, -0.05) is 33.6 Å². The van der Waals surface area contributed by atoms with Crippen molar-refractivity contribution in [3.8, 4) is 17.6 Å². The fourth-order valence-electron chi connectivity index (χ4n) is 2.32. The summed E-state index contributed by atoms with van der Waals surface area (Å²) in [7, 11) is 1.61. The van der Waals surface area contributed by atoms with Crippen LogP contribution in [0.1, 0.15) is 63.1 Å². The summed E-state index contributed by atoms with van der Waals surface area (Å²) in [6, 6.07) is 7.58. The molecule has 0 radical (unpaired) electrons. The van der Waals surface area contributed by atoms with Gasteiger partial charge in [0, 0.05) is 5.92 Å². The Hall–Kier alpha value is -3.01. The number of aromatic nitrogens is 1. The molecular formula is C20H26N4O3. The minimum absolute atomic E-state index is 0.0887. The number of hydrazone groups is 1. The van der Waals surface area contributed by atoms with Crippen LogP contribution in [0.15, 0.2) is 27.7 Å². The van der Waals surface area contributed by atoms with Gasteiger partial charge in [0.05, 0.1) is 19.9 Å². The summed E-state index contributed by atoms with van der Waals surface area (Å²) in [5.74, 6) is 2.18. The summed E-state index contributed by atoms with van der Waals surface area (Å²) >= 11 is 0. The molecule has 0 spiro atoms. The summed E-state index contributed by atoms with van der Waals surface area (Å²) in [6.07, 6.45) is 4.93. The molecule has 1 N–H and O–H groups in total. The van der Waals surface area contributed by atoms with Crippen molar-refractivity contribution >= 4 is 12.1 Å². The predicted molar refractivity (Wildman–Crippen MR) is 105 cm³/mol. The Morgan fingerprint density at radius 1 is 1.33 bits per heavy atom. The Morgan fingerprint density at radius 2 is 2.15 bits per heavy atom. The molecule has 2 rings (SSSR count). The lowest BCUT2D eigenvalue weighted by molar-refractivity contribution is 0.286. The average Bonchev–Trinajstić information content (AvgIpc) is 3.09. The first-order valence-electron chi connectivity index (χ1n) is 9.09. The zero-order valence-corrected chi connectivity index (χ0v) is 16.3. The first-order chi connectivity index (χ1) is 13.1. The van der Waals surface area contributed by atoms with E-state index < -0.39 is 0 Å². The number of benzene rings is 1. The summed E-state index contributed by atoms with van der Waals surface area (Å²) in [6.45, 7) is 6.71. The molecule has 27 heavy (non-hydrogen) atoms. The molecule has 0 aliphatic heterocycles. The Morgan fingerprint density at radius 3 is 2.81 bits per heavy atom. The Kier molecular flexibility index (Phi) is 7.68. The molecule has 1 aromatic carbocycles. The van der Waals surface area contributed by atoms with Gasteiger partial charge in [-0.25, -0.2) is 10.4 Å². The number of nitrogens with zero attached hydrogens (tertiary/aromatic N) is 3. The molecule has 0 amide bonds. The molecule has 0 aliphatic carbocycles.